The van der Waals surface area contributed by atoms with Crippen molar-refractivity contribution in [1.29, 1.82) is 0 Å². The fraction of sp³-hybridized carbons (Fsp3) is 0.500. The maximum absolute atomic E-state index is 13.5. The van der Waals surface area contributed by atoms with E-state index >= 15 is 0 Å². The summed E-state index contributed by atoms with van der Waals surface area (Å²) >= 11 is 2.90. The zero-order valence-electron chi connectivity index (χ0n) is 10.6. The number of hydrogen-bond donors (Lipinski definition) is 2. The third-order valence-corrected chi connectivity index (χ3v) is 5.09. The standard InChI is InChI=1S/C12H15BrF2N2O2S/c13-9-5-12(11(15)6-10(9)14)17-20(18,19)7-8-3-1-2-4-16-8/h5-6,8,16-17H,1-4,7H2. The van der Waals surface area contributed by atoms with Crippen LogP contribution in [0.2, 0.25) is 0 Å². The molecule has 1 fully saturated rings. The molecule has 1 aromatic carbocycles. The number of nitrogens with one attached hydrogen (secondary N) is 2. The minimum atomic E-state index is -3.68. The molecule has 4 nitrogen and oxygen atoms in total. The topological polar surface area (TPSA) is 58.2 Å². The molecule has 112 valence electrons. The lowest BCUT2D eigenvalue weighted by molar-refractivity contribution is 0.424. The maximum atomic E-state index is 13.5. The molecule has 0 bridgehead atoms. The molecule has 2 rings (SSSR count). The highest BCUT2D eigenvalue weighted by Crippen LogP contribution is 2.24. The quantitative estimate of drug-likeness (QED) is 0.803. The molecule has 0 saturated carbocycles. The van der Waals surface area contributed by atoms with Gasteiger partial charge in [0.2, 0.25) is 10.0 Å². The third-order valence-electron chi connectivity index (χ3n) is 3.11. The van der Waals surface area contributed by atoms with Crippen molar-refractivity contribution in [3.8, 4) is 0 Å². The number of anilines is 1. The number of sulfonamides is 1. The zero-order valence-corrected chi connectivity index (χ0v) is 13.0. The van der Waals surface area contributed by atoms with Crippen LogP contribution in [0.3, 0.4) is 0 Å². The highest BCUT2D eigenvalue weighted by molar-refractivity contribution is 9.10. The van der Waals surface area contributed by atoms with Crippen molar-refractivity contribution in [2.24, 2.45) is 0 Å². The summed E-state index contributed by atoms with van der Waals surface area (Å²) < 4.78 is 52.8. The lowest BCUT2D eigenvalue weighted by Gasteiger charge is -2.23. The van der Waals surface area contributed by atoms with Gasteiger partial charge in [0.05, 0.1) is 15.9 Å². The first-order chi connectivity index (χ1) is 9.37. The molecule has 2 N–H and O–H groups in total. The van der Waals surface area contributed by atoms with Crippen LogP contribution in [0.15, 0.2) is 16.6 Å². The summed E-state index contributed by atoms with van der Waals surface area (Å²) in [5.74, 6) is -1.84. The van der Waals surface area contributed by atoms with E-state index in [9.17, 15) is 17.2 Å². The Labute approximate surface area is 125 Å². The molecule has 0 amide bonds. The van der Waals surface area contributed by atoms with Crippen molar-refractivity contribution in [3.63, 3.8) is 0 Å². The zero-order chi connectivity index (χ0) is 14.8. The number of benzene rings is 1. The summed E-state index contributed by atoms with van der Waals surface area (Å²) in [6.45, 7) is 0.788. The van der Waals surface area contributed by atoms with Crippen molar-refractivity contribution in [3.05, 3.63) is 28.2 Å². The van der Waals surface area contributed by atoms with E-state index in [-0.39, 0.29) is 22.0 Å². The summed E-state index contributed by atoms with van der Waals surface area (Å²) in [6.07, 6.45) is 2.78. The van der Waals surface area contributed by atoms with Gasteiger partial charge in [-0.15, -0.1) is 0 Å². The summed E-state index contributed by atoms with van der Waals surface area (Å²) in [4.78, 5) is 0. The Balaban J connectivity index is 2.09. The van der Waals surface area contributed by atoms with Gasteiger partial charge < -0.3 is 5.32 Å². The van der Waals surface area contributed by atoms with Gasteiger partial charge in [-0.3, -0.25) is 4.72 Å². The van der Waals surface area contributed by atoms with E-state index in [0.717, 1.165) is 31.9 Å². The number of halogens is 3. The smallest absolute Gasteiger partial charge is 0.234 e. The molecule has 1 atom stereocenters. The first-order valence-corrected chi connectivity index (χ1v) is 8.70. The summed E-state index contributed by atoms with van der Waals surface area (Å²) in [5, 5.41) is 3.11. The lowest BCUT2D eigenvalue weighted by Crippen LogP contribution is -2.40. The van der Waals surface area contributed by atoms with Gasteiger partial charge in [0.1, 0.15) is 11.6 Å². The second kappa shape index (κ2) is 6.36. The molecule has 1 aliphatic heterocycles. The van der Waals surface area contributed by atoms with E-state index in [0.29, 0.717) is 6.07 Å². The van der Waals surface area contributed by atoms with Crippen LogP contribution in [0.1, 0.15) is 19.3 Å². The molecule has 1 aromatic rings. The number of piperidine rings is 1. The van der Waals surface area contributed by atoms with E-state index in [1.165, 1.54) is 0 Å². The predicted molar refractivity (Wildman–Crippen MR) is 77.1 cm³/mol. The van der Waals surface area contributed by atoms with Crippen LogP contribution < -0.4 is 10.0 Å². The van der Waals surface area contributed by atoms with Crippen LogP contribution in [-0.2, 0) is 10.0 Å². The van der Waals surface area contributed by atoms with Crippen LogP contribution in [0.4, 0.5) is 14.5 Å². The van der Waals surface area contributed by atoms with E-state index in [4.69, 9.17) is 0 Å². The van der Waals surface area contributed by atoms with Crippen LogP contribution in [0.25, 0.3) is 0 Å². The Bertz CT molecular complexity index is 589. The van der Waals surface area contributed by atoms with Crippen molar-refractivity contribution in [2.75, 3.05) is 17.0 Å². The monoisotopic (exact) mass is 368 g/mol. The first-order valence-electron chi connectivity index (χ1n) is 6.26. The molecule has 0 radical (unpaired) electrons. The Hall–Kier alpha value is -0.730. The van der Waals surface area contributed by atoms with Crippen LogP contribution in [0.5, 0.6) is 0 Å². The fourth-order valence-corrected chi connectivity index (χ4v) is 3.87. The molecule has 8 heteroatoms. The van der Waals surface area contributed by atoms with Gasteiger partial charge in [-0.05, 0) is 41.4 Å². The molecule has 1 unspecified atom stereocenters. The predicted octanol–water partition coefficient (Wildman–Crippen LogP) is 2.61. The summed E-state index contributed by atoms with van der Waals surface area (Å²) in [6, 6.07) is 1.59. The Morgan fingerprint density at radius 2 is 2.05 bits per heavy atom. The number of hydrogen-bond acceptors (Lipinski definition) is 3. The average molecular weight is 369 g/mol. The van der Waals surface area contributed by atoms with E-state index in [2.05, 4.69) is 26.0 Å². The van der Waals surface area contributed by atoms with E-state index < -0.39 is 21.7 Å². The minimum absolute atomic E-state index is 0.00684. The SMILES string of the molecule is O=S(=O)(CC1CCCCN1)Nc1cc(Br)c(F)cc1F. The van der Waals surface area contributed by atoms with Crippen molar-refractivity contribution in [2.45, 2.75) is 25.3 Å². The summed E-state index contributed by atoms with van der Waals surface area (Å²) in [5.41, 5.74) is -0.255. The molecule has 1 heterocycles. The highest BCUT2D eigenvalue weighted by Gasteiger charge is 2.22. The summed E-state index contributed by atoms with van der Waals surface area (Å²) in [7, 11) is -3.68. The third kappa shape index (κ3) is 4.13. The van der Waals surface area contributed by atoms with Gasteiger partial charge in [0.25, 0.3) is 0 Å². The molecule has 0 spiro atoms. The average Bonchev–Trinajstić information content (AvgIpc) is 2.36. The van der Waals surface area contributed by atoms with Gasteiger partial charge in [0, 0.05) is 12.1 Å². The van der Waals surface area contributed by atoms with Crippen molar-refractivity contribution < 1.29 is 17.2 Å². The van der Waals surface area contributed by atoms with Crippen LogP contribution in [-0.4, -0.2) is 26.8 Å². The van der Waals surface area contributed by atoms with Gasteiger partial charge in [-0.2, -0.15) is 0 Å². The lowest BCUT2D eigenvalue weighted by atomic mass is 10.1. The maximum Gasteiger partial charge on any atom is 0.234 e. The largest absolute Gasteiger partial charge is 0.313 e. The Morgan fingerprint density at radius 3 is 2.70 bits per heavy atom. The van der Waals surface area contributed by atoms with Crippen molar-refractivity contribution in [1.82, 2.24) is 5.32 Å². The minimum Gasteiger partial charge on any atom is -0.313 e. The number of rotatable bonds is 4. The molecule has 1 aliphatic rings. The Kier molecular flexibility index (Phi) is 4.98. The molecule has 1 saturated heterocycles. The second-order valence-electron chi connectivity index (χ2n) is 4.78. The molecular formula is C12H15BrF2N2O2S. The normalized spacial score (nSPS) is 19.9. The molecule has 0 aromatic heterocycles. The second-order valence-corrected chi connectivity index (χ2v) is 7.40. The highest BCUT2D eigenvalue weighted by atomic mass is 79.9. The Morgan fingerprint density at radius 1 is 1.30 bits per heavy atom. The fourth-order valence-electron chi connectivity index (χ4n) is 2.14. The van der Waals surface area contributed by atoms with E-state index in [1.807, 2.05) is 0 Å². The van der Waals surface area contributed by atoms with Crippen molar-refractivity contribution >= 4 is 31.6 Å². The van der Waals surface area contributed by atoms with E-state index in [1.54, 1.807) is 0 Å². The molecular weight excluding hydrogens is 354 g/mol. The van der Waals surface area contributed by atoms with Crippen LogP contribution >= 0.6 is 15.9 Å². The van der Waals surface area contributed by atoms with Gasteiger partial charge in [-0.25, -0.2) is 17.2 Å². The first kappa shape index (κ1) is 15.7. The van der Waals surface area contributed by atoms with Gasteiger partial charge in [-0.1, -0.05) is 6.42 Å². The van der Waals surface area contributed by atoms with Gasteiger partial charge >= 0.3 is 0 Å². The molecule has 20 heavy (non-hydrogen) atoms. The van der Waals surface area contributed by atoms with Gasteiger partial charge in [0.15, 0.2) is 0 Å². The molecule has 0 aliphatic carbocycles. The van der Waals surface area contributed by atoms with Crippen LogP contribution in [0, 0.1) is 11.6 Å².